The van der Waals surface area contributed by atoms with Gasteiger partial charge in [0.25, 0.3) is 0 Å². The lowest BCUT2D eigenvalue weighted by Gasteiger charge is -2.04. The molecule has 1 aliphatic rings. The Kier molecular flexibility index (Phi) is 2.51. The van der Waals surface area contributed by atoms with E-state index in [-0.39, 0.29) is 5.69 Å². The summed E-state index contributed by atoms with van der Waals surface area (Å²) in [5, 5.41) is 12.8. The normalized spacial score (nSPS) is 14.6. The maximum atomic E-state index is 13.7. The Labute approximate surface area is 107 Å². The van der Waals surface area contributed by atoms with Gasteiger partial charge in [0.2, 0.25) is 0 Å². The summed E-state index contributed by atoms with van der Waals surface area (Å²) in [5.74, 6) is -1.45. The first-order chi connectivity index (χ1) is 9.06. The zero-order chi connectivity index (χ0) is 13.6. The lowest BCUT2D eigenvalue weighted by molar-refractivity contribution is 0.0693. The van der Waals surface area contributed by atoms with Gasteiger partial charge >= 0.3 is 5.97 Å². The summed E-state index contributed by atoms with van der Waals surface area (Å²) in [6.07, 6.45) is 2.17. The number of nitrogens with zero attached hydrogens (tertiary/aromatic N) is 1. The van der Waals surface area contributed by atoms with Gasteiger partial charge in [0, 0.05) is 23.2 Å². The zero-order valence-corrected chi connectivity index (χ0v) is 9.89. The fraction of sp³-hybridized carbons (Fsp3) is 0.231. The summed E-state index contributed by atoms with van der Waals surface area (Å²) in [4.78, 5) is 10.8. The number of nitrogen functional groups attached to an aromatic ring is 1. The Morgan fingerprint density at radius 2 is 2.16 bits per heavy atom. The van der Waals surface area contributed by atoms with E-state index in [1.165, 1.54) is 6.07 Å². The van der Waals surface area contributed by atoms with Crippen LogP contribution in [-0.4, -0.2) is 16.2 Å². The van der Waals surface area contributed by atoms with Gasteiger partial charge in [-0.05, 0) is 25.0 Å². The highest BCUT2D eigenvalue weighted by atomic mass is 19.1. The molecule has 0 aliphatic heterocycles. The van der Waals surface area contributed by atoms with Gasteiger partial charge in [0.1, 0.15) is 11.4 Å². The molecule has 0 spiro atoms. The fourth-order valence-corrected chi connectivity index (χ4v) is 1.99. The number of hydrogen-bond acceptors (Lipinski definition) is 4. The monoisotopic (exact) mass is 262 g/mol. The highest BCUT2D eigenvalue weighted by Gasteiger charge is 2.27. The van der Waals surface area contributed by atoms with E-state index in [1.807, 2.05) is 0 Å². The second-order valence-corrected chi connectivity index (χ2v) is 4.62. The number of hydrogen-bond donors (Lipinski definition) is 2. The van der Waals surface area contributed by atoms with Crippen molar-refractivity contribution in [1.29, 1.82) is 0 Å². The van der Waals surface area contributed by atoms with E-state index < -0.39 is 17.3 Å². The van der Waals surface area contributed by atoms with Crippen molar-refractivity contribution in [1.82, 2.24) is 5.16 Å². The van der Waals surface area contributed by atoms with Gasteiger partial charge < -0.3 is 15.4 Å². The van der Waals surface area contributed by atoms with Crippen molar-refractivity contribution < 1.29 is 18.8 Å². The van der Waals surface area contributed by atoms with E-state index in [9.17, 15) is 9.18 Å². The van der Waals surface area contributed by atoms with E-state index >= 15 is 0 Å². The topological polar surface area (TPSA) is 89.4 Å². The van der Waals surface area contributed by atoms with Crippen molar-refractivity contribution in [2.45, 2.75) is 18.8 Å². The summed E-state index contributed by atoms with van der Waals surface area (Å²) in [5.41, 5.74) is 6.13. The van der Waals surface area contributed by atoms with Crippen molar-refractivity contribution >= 4 is 11.7 Å². The van der Waals surface area contributed by atoms with Crippen LogP contribution in [0.25, 0.3) is 11.3 Å². The van der Waals surface area contributed by atoms with Crippen LogP contribution in [-0.2, 0) is 0 Å². The molecule has 1 heterocycles. The lowest BCUT2D eigenvalue weighted by atomic mass is 10.1. The Balaban J connectivity index is 2.02. The Bertz CT molecular complexity index is 639. The van der Waals surface area contributed by atoms with Gasteiger partial charge in [-0.25, -0.2) is 9.18 Å². The average molecular weight is 262 g/mol. The van der Waals surface area contributed by atoms with Crippen LogP contribution >= 0.6 is 0 Å². The second kappa shape index (κ2) is 4.08. The SMILES string of the molecule is Nc1cc(-c2cc(C3CC3)no2)cc(F)c1C(=O)O. The number of carbonyl (C=O) groups is 1. The number of benzene rings is 1. The van der Waals surface area contributed by atoms with Crippen LogP contribution in [0.4, 0.5) is 10.1 Å². The van der Waals surface area contributed by atoms with Gasteiger partial charge in [-0.3, -0.25) is 0 Å². The van der Waals surface area contributed by atoms with Crippen LogP contribution in [0.5, 0.6) is 0 Å². The molecule has 1 aromatic heterocycles. The Hall–Kier alpha value is -2.37. The minimum atomic E-state index is -1.39. The molecule has 1 aromatic carbocycles. The summed E-state index contributed by atoms with van der Waals surface area (Å²) < 4.78 is 18.8. The number of carboxylic acids is 1. The molecule has 0 amide bonds. The maximum Gasteiger partial charge on any atom is 0.340 e. The third kappa shape index (κ3) is 2.05. The molecule has 1 saturated carbocycles. The maximum absolute atomic E-state index is 13.7. The summed E-state index contributed by atoms with van der Waals surface area (Å²) in [7, 11) is 0. The second-order valence-electron chi connectivity index (χ2n) is 4.62. The van der Waals surface area contributed by atoms with Crippen LogP contribution in [0.2, 0.25) is 0 Å². The largest absolute Gasteiger partial charge is 0.478 e. The third-order valence-electron chi connectivity index (χ3n) is 3.14. The first kappa shape index (κ1) is 11.7. The number of nitrogens with two attached hydrogens (primary N) is 1. The Morgan fingerprint density at radius 1 is 1.42 bits per heavy atom. The number of carboxylic acid groups (broad SMARTS) is 1. The number of aromatic nitrogens is 1. The molecule has 19 heavy (non-hydrogen) atoms. The molecule has 3 N–H and O–H groups in total. The fourth-order valence-electron chi connectivity index (χ4n) is 1.99. The van der Waals surface area contributed by atoms with Gasteiger partial charge in [-0.1, -0.05) is 5.16 Å². The van der Waals surface area contributed by atoms with Crippen molar-refractivity contribution in [3.05, 3.63) is 35.3 Å². The molecule has 5 nitrogen and oxygen atoms in total. The number of halogens is 1. The van der Waals surface area contributed by atoms with E-state index in [0.29, 0.717) is 17.2 Å². The first-order valence-electron chi connectivity index (χ1n) is 5.85. The standard InChI is InChI=1S/C13H11FN2O3/c14-8-3-7(4-9(15)12(8)13(17)18)11-5-10(16-19-11)6-1-2-6/h3-6H,1-2,15H2,(H,17,18). The zero-order valence-electron chi connectivity index (χ0n) is 9.89. The van der Waals surface area contributed by atoms with E-state index in [0.717, 1.165) is 24.6 Å². The lowest BCUT2D eigenvalue weighted by Crippen LogP contribution is -2.06. The van der Waals surface area contributed by atoms with Crippen LogP contribution in [0, 0.1) is 5.82 Å². The molecular formula is C13H11FN2O3. The van der Waals surface area contributed by atoms with E-state index in [1.54, 1.807) is 6.07 Å². The summed E-state index contributed by atoms with van der Waals surface area (Å²) in [6, 6.07) is 4.22. The van der Waals surface area contributed by atoms with E-state index in [2.05, 4.69) is 5.16 Å². The molecule has 0 bridgehead atoms. The van der Waals surface area contributed by atoms with Crippen LogP contribution < -0.4 is 5.73 Å². The van der Waals surface area contributed by atoms with Crippen LogP contribution in [0.3, 0.4) is 0 Å². The predicted molar refractivity (Wildman–Crippen MR) is 65.2 cm³/mol. The average Bonchev–Trinajstić information content (AvgIpc) is 3.05. The van der Waals surface area contributed by atoms with Gasteiger partial charge in [0.05, 0.1) is 5.69 Å². The van der Waals surface area contributed by atoms with Crippen molar-refractivity contribution in [2.75, 3.05) is 5.73 Å². The van der Waals surface area contributed by atoms with Gasteiger partial charge in [-0.2, -0.15) is 0 Å². The third-order valence-corrected chi connectivity index (χ3v) is 3.14. The van der Waals surface area contributed by atoms with Gasteiger partial charge in [0.15, 0.2) is 5.76 Å². The molecule has 1 aliphatic carbocycles. The van der Waals surface area contributed by atoms with E-state index in [4.69, 9.17) is 15.4 Å². The summed E-state index contributed by atoms with van der Waals surface area (Å²) >= 11 is 0. The molecule has 3 rings (SSSR count). The number of aromatic carboxylic acids is 1. The van der Waals surface area contributed by atoms with Crippen LogP contribution in [0.1, 0.15) is 34.8 Å². The molecular weight excluding hydrogens is 251 g/mol. The van der Waals surface area contributed by atoms with Crippen molar-refractivity contribution in [2.24, 2.45) is 0 Å². The molecule has 0 unspecified atom stereocenters. The molecule has 2 aromatic rings. The molecule has 0 atom stereocenters. The molecule has 98 valence electrons. The first-order valence-corrected chi connectivity index (χ1v) is 5.85. The predicted octanol–water partition coefficient (Wildman–Crippen LogP) is 2.64. The minimum absolute atomic E-state index is 0.133. The highest BCUT2D eigenvalue weighted by Crippen LogP contribution is 2.40. The minimum Gasteiger partial charge on any atom is -0.478 e. The van der Waals surface area contributed by atoms with Crippen molar-refractivity contribution in [3.63, 3.8) is 0 Å². The quantitative estimate of drug-likeness (QED) is 0.830. The number of anilines is 1. The van der Waals surface area contributed by atoms with Gasteiger partial charge in [-0.15, -0.1) is 0 Å². The summed E-state index contributed by atoms with van der Waals surface area (Å²) in [6.45, 7) is 0. The van der Waals surface area contributed by atoms with Crippen LogP contribution in [0.15, 0.2) is 22.7 Å². The molecule has 1 fully saturated rings. The molecule has 0 radical (unpaired) electrons. The molecule has 0 saturated heterocycles. The van der Waals surface area contributed by atoms with Crippen molar-refractivity contribution in [3.8, 4) is 11.3 Å². The smallest absolute Gasteiger partial charge is 0.340 e. The number of rotatable bonds is 3. The Morgan fingerprint density at radius 3 is 2.74 bits per heavy atom. The molecule has 6 heteroatoms. The highest BCUT2D eigenvalue weighted by molar-refractivity contribution is 5.95.